The number of fused-ring (bicyclic) bond motifs is 1. The van der Waals surface area contributed by atoms with E-state index >= 15 is 0 Å². The molecule has 0 aromatic heterocycles. The predicted molar refractivity (Wildman–Crippen MR) is 154 cm³/mol. The van der Waals surface area contributed by atoms with Gasteiger partial charge in [0.25, 0.3) is 0 Å². The van der Waals surface area contributed by atoms with Crippen LogP contribution in [0.5, 0.6) is 0 Å². The molecule has 0 saturated carbocycles. The number of alkyl halides is 1. The van der Waals surface area contributed by atoms with Gasteiger partial charge in [-0.05, 0) is 44.9 Å². The molecule has 0 radical (unpaired) electrons. The Kier molecular flexibility index (Phi) is 12.5. The Bertz CT molecular complexity index is 868. The lowest BCUT2D eigenvalue weighted by Crippen LogP contribution is -2.57. The van der Waals surface area contributed by atoms with Crippen molar-refractivity contribution in [3.05, 3.63) is 25.3 Å². The van der Waals surface area contributed by atoms with Crippen LogP contribution < -0.4 is 0 Å². The summed E-state index contributed by atoms with van der Waals surface area (Å²) in [4.78, 5) is 45.0. The summed E-state index contributed by atoms with van der Waals surface area (Å²) >= 11 is 3.72. The molecule has 9 heteroatoms. The van der Waals surface area contributed by atoms with Gasteiger partial charge < -0.3 is 24.4 Å². The van der Waals surface area contributed by atoms with Gasteiger partial charge in [-0.2, -0.15) is 0 Å². The Morgan fingerprint density at radius 2 is 1.92 bits per heavy atom. The van der Waals surface area contributed by atoms with E-state index in [0.717, 1.165) is 57.8 Å². The van der Waals surface area contributed by atoms with Gasteiger partial charge in [0.15, 0.2) is 0 Å². The first-order valence-electron chi connectivity index (χ1n) is 14.8. The van der Waals surface area contributed by atoms with E-state index in [4.69, 9.17) is 14.6 Å². The normalized spacial score (nSPS) is 28.9. The number of halogens is 1. The second-order valence-corrected chi connectivity index (χ2v) is 12.2. The molecule has 3 aliphatic heterocycles. The number of hydrogen-bond acceptors (Lipinski definition) is 6. The van der Waals surface area contributed by atoms with Crippen LogP contribution >= 0.6 is 15.9 Å². The number of esters is 1. The number of aliphatic hydroxyl groups excluding tert-OH is 1. The zero-order valence-electron chi connectivity index (χ0n) is 23.5. The van der Waals surface area contributed by atoms with Gasteiger partial charge in [0, 0.05) is 31.1 Å². The highest BCUT2D eigenvalue weighted by atomic mass is 79.9. The highest BCUT2D eigenvalue weighted by Crippen LogP contribution is 2.60. The quantitative estimate of drug-likeness (QED) is 0.101. The Morgan fingerprint density at radius 3 is 2.62 bits per heavy atom. The van der Waals surface area contributed by atoms with E-state index in [1.165, 1.54) is 0 Å². The predicted octanol–water partition coefficient (Wildman–Crippen LogP) is 4.39. The third kappa shape index (κ3) is 6.96. The summed E-state index contributed by atoms with van der Waals surface area (Å²) in [6.45, 7) is 11.5. The summed E-state index contributed by atoms with van der Waals surface area (Å²) in [5.41, 5.74) is -1.06. The van der Waals surface area contributed by atoms with E-state index in [-0.39, 0.29) is 29.9 Å². The van der Waals surface area contributed by atoms with Crippen molar-refractivity contribution in [3.8, 4) is 0 Å². The Morgan fingerprint density at radius 1 is 1.15 bits per heavy atom. The number of allylic oxidation sites excluding steroid dienone is 1. The Labute approximate surface area is 242 Å². The fourth-order valence-electron chi connectivity index (χ4n) is 6.50. The van der Waals surface area contributed by atoms with E-state index in [9.17, 15) is 14.4 Å². The van der Waals surface area contributed by atoms with Gasteiger partial charge in [0.05, 0.1) is 24.5 Å². The summed E-state index contributed by atoms with van der Waals surface area (Å²) in [5, 5.41) is 9.13. The first kappa shape index (κ1) is 31.8. The molecule has 3 saturated heterocycles. The van der Waals surface area contributed by atoms with Gasteiger partial charge in [-0.25, -0.2) is 0 Å². The van der Waals surface area contributed by atoms with Crippen LogP contribution in [0.25, 0.3) is 0 Å². The molecule has 0 aliphatic carbocycles. The fourth-order valence-corrected chi connectivity index (χ4v) is 7.44. The van der Waals surface area contributed by atoms with Crippen molar-refractivity contribution in [1.29, 1.82) is 0 Å². The molecule has 3 aliphatic rings. The van der Waals surface area contributed by atoms with Gasteiger partial charge in [0.1, 0.15) is 11.6 Å². The maximum absolute atomic E-state index is 14.2. The third-order valence-electron chi connectivity index (χ3n) is 8.34. The van der Waals surface area contributed by atoms with E-state index in [0.29, 0.717) is 32.5 Å². The molecule has 39 heavy (non-hydrogen) atoms. The smallest absolute Gasteiger partial charge is 0.312 e. The monoisotopic (exact) mass is 610 g/mol. The second-order valence-electron chi connectivity index (χ2n) is 11.1. The molecule has 3 fully saturated rings. The van der Waals surface area contributed by atoms with Crippen LogP contribution in [0.15, 0.2) is 25.3 Å². The van der Waals surface area contributed by atoms with Crippen LogP contribution in [0.3, 0.4) is 0 Å². The van der Waals surface area contributed by atoms with Gasteiger partial charge in [-0.3, -0.25) is 14.4 Å². The number of ether oxygens (including phenoxy) is 2. The number of likely N-dealkylation sites (tertiary alicyclic amines) is 1. The van der Waals surface area contributed by atoms with Crippen molar-refractivity contribution >= 4 is 33.7 Å². The minimum atomic E-state index is -1.06. The summed E-state index contributed by atoms with van der Waals surface area (Å²) in [5.74, 6) is -2.19. The summed E-state index contributed by atoms with van der Waals surface area (Å²) in [7, 11) is 0. The van der Waals surface area contributed by atoms with E-state index in [1.54, 1.807) is 15.9 Å². The summed E-state index contributed by atoms with van der Waals surface area (Å²) in [6.07, 6.45) is 12.1. The molecule has 1 N–H and O–H groups in total. The maximum atomic E-state index is 14.2. The zero-order chi connectivity index (χ0) is 28.4. The lowest BCUT2D eigenvalue weighted by atomic mass is 9.70. The molecular weight excluding hydrogens is 564 g/mol. The van der Waals surface area contributed by atoms with Crippen molar-refractivity contribution < 1.29 is 29.0 Å². The minimum absolute atomic E-state index is 0.129. The standard InChI is InChI=1S/C30H47BrN2O6/c1-4-7-9-15-20-38-29(37)23-24-27(35)33(18-13-10-11-14-19-34)26(30(24)21-22(31)25(23)39-30)28(36)32(16-6-3)17-12-8-5-2/h4,6,22-26,34H,1,3,5,7-21H2,2H3/t22?,23-,24-,25-,26?,30?/m0/s1. The van der Waals surface area contributed by atoms with Crippen LogP contribution in [0.4, 0.5) is 0 Å². The van der Waals surface area contributed by atoms with Gasteiger partial charge >= 0.3 is 5.97 Å². The molecule has 3 rings (SSSR count). The lowest BCUT2D eigenvalue weighted by Gasteiger charge is -2.37. The fraction of sp³-hybridized carbons (Fsp3) is 0.767. The van der Waals surface area contributed by atoms with Gasteiger partial charge in [-0.15, -0.1) is 13.2 Å². The number of nitrogens with zero attached hydrogens (tertiary/aromatic N) is 2. The molecule has 8 nitrogen and oxygen atoms in total. The van der Waals surface area contributed by atoms with E-state index in [1.807, 2.05) is 6.08 Å². The Balaban J connectivity index is 1.87. The summed E-state index contributed by atoms with van der Waals surface area (Å²) in [6, 6.07) is -0.787. The highest BCUT2D eigenvalue weighted by molar-refractivity contribution is 9.09. The first-order chi connectivity index (χ1) is 18.9. The molecule has 3 heterocycles. The van der Waals surface area contributed by atoms with Crippen LogP contribution in [-0.2, 0) is 23.9 Å². The Hall–Kier alpha value is -1.71. The van der Waals surface area contributed by atoms with Crippen LogP contribution in [0.1, 0.15) is 77.6 Å². The number of carbonyl (C=O) groups is 3. The van der Waals surface area contributed by atoms with Crippen LogP contribution in [-0.4, -0.2) is 88.1 Å². The molecule has 2 bridgehead atoms. The SMILES string of the molecule is C=CCCCCOC(=O)[C@H]1[C@H]2C(=O)N(CCCCCCO)C(C(=O)N(CC=C)CCCCC)C23CC(Br)[C@@H]1O3. The zero-order valence-corrected chi connectivity index (χ0v) is 25.1. The van der Waals surface area contributed by atoms with Gasteiger partial charge in [-0.1, -0.05) is 60.7 Å². The lowest BCUT2D eigenvalue weighted by molar-refractivity contribution is -0.155. The molecule has 0 aromatic carbocycles. The van der Waals surface area contributed by atoms with E-state index in [2.05, 4.69) is 36.0 Å². The third-order valence-corrected chi connectivity index (χ3v) is 9.19. The number of unbranched alkanes of at least 4 members (excludes halogenated alkanes) is 7. The van der Waals surface area contributed by atoms with Crippen molar-refractivity contribution in [3.63, 3.8) is 0 Å². The first-order valence-corrected chi connectivity index (χ1v) is 15.7. The molecule has 1 spiro atoms. The number of amides is 2. The van der Waals surface area contributed by atoms with Crippen LogP contribution in [0, 0.1) is 11.8 Å². The minimum Gasteiger partial charge on any atom is -0.465 e. The van der Waals surface area contributed by atoms with Gasteiger partial charge in [0.2, 0.25) is 11.8 Å². The largest absolute Gasteiger partial charge is 0.465 e. The molecule has 0 aromatic rings. The average Bonchev–Trinajstić information content (AvgIpc) is 3.51. The molecule has 3 unspecified atom stereocenters. The number of carbonyl (C=O) groups excluding carboxylic acids is 3. The van der Waals surface area contributed by atoms with Crippen molar-refractivity contribution in [1.82, 2.24) is 9.80 Å². The molecular formula is C30H47BrN2O6. The van der Waals surface area contributed by atoms with Crippen molar-refractivity contribution in [2.75, 3.05) is 32.8 Å². The average molecular weight is 612 g/mol. The van der Waals surface area contributed by atoms with E-state index < -0.39 is 35.6 Å². The topological polar surface area (TPSA) is 96.4 Å². The van der Waals surface area contributed by atoms with Crippen molar-refractivity contribution in [2.45, 2.75) is 100 Å². The number of rotatable bonds is 19. The highest BCUT2D eigenvalue weighted by Gasteiger charge is 2.77. The molecule has 220 valence electrons. The second kappa shape index (κ2) is 15.3. The summed E-state index contributed by atoms with van der Waals surface area (Å²) < 4.78 is 12.2. The number of aliphatic hydroxyl groups is 1. The number of hydrogen-bond donors (Lipinski definition) is 1. The molecule has 2 amide bonds. The van der Waals surface area contributed by atoms with Crippen LogP contribution in [0.2, 0.25) is 0 Å². The van der Waals surface area contributed by atoms with Crippen molar-refractivity contribution in [2.24, 2.45) is 11.8 Å². The maximum Gasteiger partial charge on any atom is 0.312 e. The molecule has 6 atom stereocenters.